The third-order valence-corrected chi connectivity index (χ3v) is 7.12. The van der Waals surface area contributed by atoms with Crippen LogP contribution in [0.5, 0.6) is 17.2 Å². The third kappa shape index (κ3) is 3.84. The van der Waals surface area contributed by atoms with Crippen molar-refractivity contribution in [2.24, 2.45) is 5.92 Å². The summed E-state index contributed by atoms with van der Waals surface area (Å²) in [4.78, 5) is 15.3. The lowest BCUT2D eigenvalue weighted by atomic mass is 9.66. The maximum absolute atomic E-state index is 13.4. The molecule has 0 aromatic heterocycles. The molecule has 2 aliphatic heterocycles. The number of piperidine rings is 1. The van der Waals surface area contributed by atoms with E-state index in [4.69, 9.17) is 14.2 Å². The van der Waals surface area contributed by atoms with Crippen LogP contribution < -0.4 is 14.2 Å². The summed E-state index contributed by atoms with van der Waals surface area (Å²) in [5, 5.41) is 11.4. The van der Waals surface area contributed by atoms with E-state index >= 15 is 0 Å². The Bertz CT molecular complexity index is 1020. The number of carbonyl (C=O) groups excluding carboxylic acids is 1. The Labute approximate surface area is 188 Å². The average molecular weight is 436 g/mol. The lowest BCUT2D eigenvalue weighted by Gasteiger charge is -2.52. The smallest absolute Gasteiger partial charge is 0.247 e. The molecular formula is C26H29NO5. The first-order valence-corrected chi connectivity index (χ1v) is 11.3. The second-order valence-electron chi connectivity index (χ2n) is 8.90. The largest absolute Gasteiger partial charge is 0.497 e. The van der Waals surface area contributed by atoms with Gasteiger partial charge in [-0.3, -0.25) is 4.79 Å². The van der Waals surface area contributed by atoms with Crippen LogP contribution >= 0.6 is 0 Å². The molecule has 32 heavy (non-hydrogen) atoms. The van der Waals surface area contributed by atoms with Crippen molar-refractivity contribution in [2.45, 2.75) is 43.7 Å². The van der Waals surface area contributed by atoms with E-state index in [0.717, 1.165) is 48.3 Å². The minimum absolute atomic E-state index is 0.0290. The quantitative estimate of drug-likeness (QED) is 0.724. The Balaban J connectivity index is 1.43. The van der Waals surface area contributed by atoms with Gasteiger partial charge >= 0.3 is 0 Å². The minimum Gasteiger partial charge on any atom is -0.497 e. The molecule has 2 fully saturated rings. The van der Waals surface area contributed by atoms with Gasteiger partial charge in [0, 0.05) is 18.5 Å². The molecule has 2 heterocycles. The van der Waals surface area contributed by atoms with Crippen LogP contribution in [0.1, 0.15) is 49.3 Å². The topological polar surface area (TPSA) is 68.2 Å². The fourth-order valence-corrected chi connectivity index (χ4v) is 5.42. The zero-order valence-electron chi connectivity index (χ0n) is 18.3. The molecule has 2 aromatic rings. The summed E-state index contributed by atoms with van der Waals surface area (Å²) in [6, 6.07) is 13.4. The van der Waals surface area contributed by atoms with Crippen LogP contribution in [0.2, 0.25) is 0 Å². The molecule has 168 valence electrons. The Hall–Kier alpha value is -2.99. The predicted molar refractivity (Wildman–Crippen MR) is 121 cm³/mol. The summed E-state index contributed by atoms with van der Waals surface area (Å²) in [5.41, 5.74) is 1.22. The molecule has 6 nitrogen and oxygen atoms in total. The van der Waals surface area contributed by atoms with Crippen molar-refractivity contribution >= 4 is 12.0 Å². The highest BCUT2D eigenvalue weighted by Gasteiger charge is 2.49. The Morgan fingerprint density at radius 3 is 2.75 bits per heavy atom. The number of amides is 1. The molecule has 1 aliphatic carbocycles. The molecule has 2 aromatic carbocycles. The van der Waals surface area contributed by atoms with Gasteiger partial charge in [0.05, 0.1) is 18.8 Å². The van der Waals surface area contributed by atoms with Crippen LogP contribution in [0.4, 0.5) is 0 Å². The van der Waals surface area contributed by atoms with Crippen molar-refractivity contribution in [1.29, 1.82) is 0 Å². The second-order valence-corrected chi connectivity index (χ2v) is 8.90. The van der Waals surface area contributed by atoms with Gasteiger partial charge in [-0.15, -0.1) is 0 Å². The number of rotatable bonds is 4. The molecule has 1 saturated heterocycles. The molecule has 5 rings (SSSR count). The van der Waals surface area contributed by atoms with Crippen molar-refractivity contribution in [3.8, 4) is 17.2 Å². The van der Waals surface area contributed by atoms with Crippen LogP contribution in [-0.4, -0.2) is 42.0 Å². The van der Waals surface area contributed by atoms with Gasteiger partial charge in [-0.05, 0) is 60.7 Å². The molecular weight excluding hydrogens is 406 g/mol. The SMILES string of the molecule is COc1ccc([C@H]2[C@H]3CCCC[C@]3(O)CCN2C(=O)C=Cc2ccc3c(c2)OCO3)cc1. The van der Waals surface area contributed by atoms with E-state index in [-0.39, 0.29) is 24.7 Å². The van der Waals surface area contributed by atoms with Crippen molar-refractivity contribution in [3.63, 3.8) is 0 Å². The number of likely N-dealkylation sites (tertiary alicyclic amines) is 1. The summed E-state index contributed by atoms with van der Waals surface area (Å²) < 4.78 is 16.1. The molecule has 0 unspecified atom stereocenters. The van der Waals surface area contributed by atoms with Crippen molar-refractivity contribution in [2.75, 3.05) is 20.4 Å². The lowest BCUT2D eigenvalue weighted by Crippen LogP contribution is -2.56. The highest BCUT2D eigenvalue weighted by Crippen LogP contribution is 2.49. The van der Waals surface area contributed by atoms with Gasteiger partial charge in [0.25, 0.3) is 0 Å². The fraction of sp³-hybridized carbons (Fsp3) is 0.423. The number of ether oxygens (including phenoxy) is 3. The van der Waals surface area contributed by atoms with Crippen molar-refractivity contribution < 1.29 is 24.1 Å². The van der Waals surface area contributed by atoms with E-state index in [1.807, 2.05) is 53.4 Å². The van der Waals surface area contributed by atoms with E-state index in [0.29, 0.717) is 18.7 Å². The monoisotopic (exact) mass is 435 g/mol. The number of aliphatic hydroxyl groups is 1. The second kappa shape index (κ2) is 8.51. The zero-order chi connectivity index (χ0) is 22.1. The first-order valence-electron chi connectivity index (χ1n) is 11.3. The van der Waals surface area contributed by atoms with Crippen LogP contribution in [0, 0.1) is 5.92 Å². The van der Waals surface area contributed by atoms with Crippen LogP contribution in [0.25, 0.3) is 6.08 Å². The molecule has 3 atom stereocenters. The number of fused-ring (bicyclic) bond motifs is 2. The van der Waals surface area contributed by atoms with Gasteiger partial charge in [0.1, 0.15) is 5.75 Å². The van der Waals surface area contributed by atoms with E-state index in [1.54, 1.807) is 13.2 Å². The van der Waals surface area contributed by atoms with E-state index in [1.165, 1.54) is 0 Å². The summed E-state index contributed by atoms with van der Waals surface area (Å²) in [6.07, 6.45) is 7.91. The standard InChI is InChI=1S/C26H29NO5/c1-30-20-9-7-19(8-10-20)25-21-4-2-3-13-26(21,29)14-15-27(25)24(28)12-6-18-5-11-22-23(16-18)32-17-31-22/h5-12,16,21,25,29H,2-4,13-15,17H2,1H3/t21-,25+,26+/m1/s1. The number of carbonyl (C=O) groups is 1. The number of hydrogen-bond donors (Lipinski definition) is 1. The summed E-state index contributed by atoms with van der Waals surface area (Å²) in [6.45, 7) is 0.761. The van der Waals surface area contributed by atoms with Crippen LogP contribution in [0.3, 0.4) is 0 Å². The molecule has 0 bridgehead atoms. The maximum Gasteiger partial charge on any atom is 0.247 e. The molecule has 1 saturated carbocycles. The third-order valence-electron chi connectivity index (χ3n) is 7.12. The van der Waals surface area contributed by atoms with Crippen LogP contribution in [-0.2, 0) is 4.79 Å². The number of benzene rings is 2. The van der Waals surface area contributed by atoms with Gasteiger partial charge < -0.3 is 24.2 Å². The zero-order valence-corrected chi connectivity index (χ0v) is 18.3. The van der Waals surface area contributed by atoms with Crippen molar-refractivity contribution in [1.82, 2.24) is 4.90 Å². The van der Waals surface area contributed by atoms with Gasteiger partial charge in [-0.2, -0.15) is 0 Å². The summed E-state index contributed by atoms with van der Waals surface area (Å²) >= 11 is 0. The molecule has 1 N–H and O–H groups in total. The maximum atomic E-state index is 13.4. The van der Waals surface area contributed by atoms with Gasteiger partial charge in [0.15, 0.2) is 11.5 Å². The lowest BCUT2D eigenvalue weighted by molar-refractivity contribution is -0.150. The molecule has 0 radical (unpaired) electrons. The average Bonchev–Trinajstić information content (AvgIpc) is 3.29. The number of methoxy groups -OCH3 is 1. The Morgan fingerprint density at radius 2 is 1.94 bits per heavy atom. The first-order chi connectivity index (χ1) is 15.6. The number of nitrogens with zero attached hydrogens (tertiary/aromatic N) is 1. The highest BCUT2D eigenvalue weighted by atomic mass is 16.7. The Morgan fingerprint density at radius 1 is 1.12 bits per heavy atom. The van der Waals surface area contributed by atoms with Crippen LogP contribution in [0.15, 0.2) is 48.5 Å². The number of hydrogen-bond acceptors (Lipinski definition) is 5. The summed E-state index contributed by atoms with van der Waals surface area (Å²) in [7, 11) is 1.65. The normalized spacial score (nSPS) is 26.8. The van der Waals surface area contributed by atoms with E-state index < -0.39 is 5.60 Å². The van der Waals surface area contributed by atoms with Crippen molar-refractivity contribution in [3.05, 3.63) is 59.7 Å². The first kappa shape index (κ1) is 20.9. The molecule has 6 heteroatoms. The minimum atomic E-state index is -0.708. The fourth-order valence-electron chi connectivity index (χ4n) is 5.42. The van der Waals surface area contributed by atoms with Gasteiger partial charge in [0.2, 0.25) is 12.7 Å². The highest BCUT2D eigenvalue weighted by molar-refractivity contribution is 5.92. The Kier molecular flexibility index (Phi) is 5.55. The van der Waals surface area contributed by atoms with E-state index in [2.05, 4.69) is 0 Å². The predicted octanol–water partition coefficient (Wildman–Crippen LogP) is 4.33. The summed E-state index contributed by atoms with van der Waals surface area (Å²) in [5.74, 6) is 2.18. The molecule has 0 spiro atoms. The van der Waals surface area contributed by atoms with Gasteiger partial charge in [-0.25, -0.2) is 0 Å². The van der Waals surface area contributed by atoms with E-state index in [9.17, 15) is 9.90 Å². The molecule has 3 aliphatic rings. The molecule has 1 amide bonds. The van der Waals surface area contributed by atoms with Gasteiger partial charge in [-0.1, -0.05) is 31.0 Å².